The second-order valence-electron chi connectivity index (χ2n) is 4.38. The van der Waals surface area contributed by atoms with Gasteiger partial charge < -0.3 is 5.73 Å². The Hall–Kier alpha value is -1.79. The summed E-state index contributed by atoms with van der Waals surface area (Å²) in [5.74, 6) is 0.732. The van der Waals surface area contributed by atoms with Gasteiger partial charge in [-0.3, -0.25) is 9.78 Å². The molecule has 106 valence electrons. The molecule has 1 aliphatic heterocycles. The quantitative estimate of drug-likeness (QED) is 0.695. The van der Waals surface area contributed by atoms with Gasteiger partial charge in [0.2, 0.25) is 0 Å². The molecule has 2 N–H and O–H groups in total. The van der Waals surface area contributed by atoms with Gasteiger partial charge in [-0.05, 0) is 47.4 Å². The van der Waals surface area contributed by atoms with E-state index in [2.05, 4.69) is 23.0 Å². The maximum Gasteiger partial charge on any atom is 0.286 e. The molecule has 1 aromatic heterocycles. The van der Waals surface area contributed by atoms with Gasteiger partial charge in [-0.1, -0.05) is 13.0 Å². The van der Waals surface area contributed by atoms with Crippen molar-refractivity contribution >= 4 is 51.6 Å². The number of thioether (sulfide) groups is 2. The summed E-state index contributed by atoms with van der Waals surface area (Å²) in [6.45, 7) is 2.12. The highest BCUT2D eigenvalue weighted by atomic mass is 32.2. The number of aliphatic imine (C=N–C) groups is 1. The number of nitrogens with zero attached hydrogens (tertiary/aromatic N) is 2. The first kappa shape index (κ1) is 14.2. The first-order valence-electron chi connectivity index (χ1n) is 6.47. The third kappa shape index (κ3) is 2.96. The van der Waals surface area contributed by atoms with Gasteiger partial charge >= 0.3 is 0 Å². The molecule has 0 radical (unpaired) electrons. The largest absolute Gasteiger partial charge is 0.378 e. The van der Waals surface area contributed by atoms with Gasteiger partial charge in [0.25, 0.3) is 5.91 Å². The van der Waals surface area contributed by atoms with E-state index >= 15 is 0 Å². The van der Waals surface area contributed by atoms with E-state index in [1.54, 1.807) is 11.8 Å². The van der Waals surface area contributed by atoms with Crippen molar-refractivity contribution in [2.75, 3.05) is 5.75 Å². The Morgan fingerprint density at radius 2 is 2.24 bits per heavy atom. The normalized spacial score (nSPS) is 16.7. The SMILES string of the molecule is CCSc1ccnc2ccc(C=C3SC(N)=NC3=O)cc12. The van der Waals surface area contributed by atoms with Crippen molar-refractivity contribution in [1.29, 1.82) is 0 Å². The highest BCUT2D eigenvalue weighted by molar-refractivity contribution is 8.18. The number of rotatable bonds is 3. The van der Waals surface area contributed by atoms with E-state index in [0.29, 0.717) is 10.1 Å². The van der Waals surface area contributed by atoms with Crippen molar-refractivity contribution in [2.45, 2.75) is 11.8 Å². The fraction of sp³-hybridized carbons (Fsp3) is 0.133. The second-order valence-corrected chi connectivity index (χ2v) is 6.75. The third-order valence-electron chi connectivity index (χ3n) is 2.96. The summed E-state index contributed by atoms with van der Waals surface area (Å²) in [5.41, 5.74) is 7.47. The number of fused-ring (bicyclic) bond motifs is 1. The lowest BCUT2D eigenvalue weighted by Gasteiger charge is -2.05. The number of carbonyl (C=O) groups is 1. The molecule has 0 atom stereocenters. The molecule has 2 heterocycles. The van der Waals surface area contributed by atoms with Gasteiger partial charge in [0.15, 0.2) is 5.17 Å². The van der Waals surface area contributed by atoms with Crippen LogP contribution in [0.15, 0.2) is 45.3 Å². The van der Waals surface area contributed by atoms with Crippen LogP contribution < -0.4 is 5.73 Å². The summed E-state index contributed by atoms with van der Waals surface area (Å²) in [5, 5.41) is 1.40. The summed E-state index contributed by atoms with van der Waals surface area (Å²) in [7, 11) is 0. The molecule has 3 rings (SSSR count). The first-order chi connectivity index (χ1) is 10.2. The van der Waals surface area contributed by atoms with Gasteiger partial charge in [-0.25, -0.2) is 0 Å². The molecule has 0 fully saturated rings. The standard InChI is InChI=1S/C15H13N3OS2/c1-2-20-12-5-6-17-11-4-3-9(7-10(11)12)8-13-14(19)18-15(16)21-13/h3-8H,2H2,1H3,(H2,16,18,19). The molecule has 21 heavy (non-hydrogen) atoms. The molecule has 1 aliphatic rings. The molecular formula is C15H13N3OS2. The number of amides is 1. The molecule has 2 aromatic rings. The van der Waals surface area contributed by atoms with Crippen LogP contribution in [0.5, 0.6) is 0 Å². The van der Waals surface area contributed by atoms with Crippen LogP contribution in [0.25, 0.3) is 17.0 Å². The Labute approximate surface area is 130 Å². The average Bonchev–Trinajstić information content (AvgIpc) is 2.78. The third-order valence-corrected chi connectivity index (χ3v) is 4.73. The van der Waals surface area contributed by atoms with Crippen LogP contribution in [0.3, 0.4) is 0 Å². The maximum absolute atomic E-state index is 11.6. The predicted molar refractivity (Wildman–Crippen MR) is 90.3 cm³/mol. The van der Waals surface area contributed by atoms with Gasteiger partial charge in [-0.2, -0.15) is 4.99 Å². The van der Waals surface area contributed by atoms with E-state index in [9.17, 15) is 4.79 Å². The number of pyridine rings is 1. The van der Waals surface area contributed by atoms with Crippen LogP contribution in [0.1, 0.15) is 12.5 Å². The van der Waals surface area contributed by atoms with Crippen LogP contribution in [0, 0.1) is 0 Å². The molecule has 1 amide bonds. The molecule has 0 bridgehead atoms. The fourth-order valence-corrected chi connectivity index (χ4v) is 3.56. The number of hydrogen-bond donors (Lipinski definition) is 1. The zero-order valence-electron chi connectivity index (χ0n) is 11.4. The van der Waals surface area contributed by atoms with E-state index in [-0.39, 0.29) is 5.91 Å². The van der Waals surface area contributed by atoms with E-state index in [1.165, 1.54) is 16.7 Å². The minimum Gasteiger partial charge on any atom is -0.378 e. The second kappa shape index (κ2) is 5.91. The maximum atomic E-state index is 11.6. The molecule has 0 saturated carbocycles. The molecule has 4 nitrogen and oxygen atoms in total. The first-order valence-corrected chi connectivity index (χ1v) is 8.27. The van der Waals surface area contributed by atoms with Crippen molar-refractivity contribution < 1.29 is 4.79 Å². The van der Waals surface area contributed by atoms with Crippen molar-refractivity contribution in [3.05, 3.63) is 40.9 Å². The lowest BCUT2D eigenvalue weighted by atomic mass is 10.1. The Kier molecular flexibility index (Phi) is 3.98. The molecule has 1 aromatic carbocycles. The van der Waals surface area contributed by atoms with E-state index in [0.717, 1.165) is 22.2 Å². The Morgan fingerprint density at radius 1 is 1.38 bits per heavy atom. The van der Waals surface area contributed by atoms with Crippen LogP contribution in [0.4, 0.5) is 0 Å². The van der Waals surface area contributed by atoms with Crippen molar-refractivity contribution in [2.24, 2.45) is 10.7 Å². The van der Waals surface area contributed by atoms with Crippen molar-refractivity contribution in [3.63, 3.8) is 0 Å². The topological polar surface area (TPSA) is 68.3 Å². The van der Waals surface area contributed by atoms with Gasteiger partial charge in [0, 0.05) is 16.5 Å². The van der Waals surface area contributed by atoms with E-state index in [1.807, 2.05) is 30.5 Å². The monoisotopic (exact) mass is 315 g/mol. The van der Waals surface area contributed by atoms with Gasteiger partial charge in [0.1, 0.15) is 0 Å². The number of benzene rings is 1. The zero-order chi connectivity index (χ0) is 14.8. The van der Waals surface area contributed by atoms with E-state index < -0.39 is 0 Å². The summed E-state index contributed by atoms with van der Waals surface area (Å²) in [6, 6.07) is 7.99. The number of carbonyl (C=O) groups excluding carboxylic acids is 1. The molecular weight excluding hydrogens is 302 g/mol. The molecule has 0 unspecified atom stereocenters. The average molecular weight is 315 g/mol. The molecule has 0 saturated heterocycles. The van der Waals surface area contributed by atoms with Crippen molar-refractivity contribution in [3.8, 4) is 0 Å². The summed E-state index contributed by atoms with van der Waals surface area (Å²) >= 11 is 2.99. The Balaban J connectivity index is 2.03. The van der Waals surface area contributed by atoms with Gasteiger partial charge in [0.05, 0.1) is 10.4 Å². The number of hydrogen-bond acceptors (Lipinski definition) is 5. The summed E-state index contributed by atoms with van der Waals surface area (Å²) < 4.78 is 0. The highest BCUT2D eigenvalue weighted by Gasteiger charge is 2.19. The summed E-state index contributed by atoms with van der Waals surface area (Å²) in [6.07, 6.45) is 3.65. The number of amidine groups is 1. The lowest BCUT2D eigenvalue weighted by molar-refractivity contribution is -0.113. The van der Waals surface area contributed by atoms with Gasteiger partial charge in [-0.15, -0.1) is 11.8 Å². The molecule has 6 heteroatoms. The minimum atomic E-state index is -0.271. The van der Waals surface area contributed by atoms with Crippen LogP contribution in [0.2, 0.25) is 0 Å². The number of aromatic nitrogens is 1. The minimum absolute atomic E-state index is 0.271. The molecule has 0 aliphatic carbocycles. The van der Waals surface area contributed by atoms with Crippen molar-refractivity contribution in [1.82, 2.24) is 4.98 Å². The van der Waals surface area contributed by atoms with Crippen LogP contribution in [-0.2, 0) is 4.79 Å². The van der Waals surface area contributed by atoms with E-state index in [4.69, 9.17) is 5.73 Å². The molecule has 0 spiro atoms. The smallest absolute Gasteiger partial charge is 0.286 e. The fourth-order valence-electron chi connectivity index (χ4n) is 2.09. The highest BCUT2D eigenvalue weighted by Crippen LogP contribution is 2.30. The Bertz CT molecular complexity index is 784. The Morgan fingerprint density at radius 3 is 2.95 bits per heavy atom. The zero-order valence-corrected chi connectivity index (χ0v) is 13.0. The van der Waals surface area contributed by atoms with Crippen LogP contribution >= 0.6 is 23.5 Å². The lowest BCUT2D eigenvalue weighted by Crippen LogP contribution is -2.01. The number of nitrogens with two attached hydrogens (primary N) is 1. The summed E-state index contributed by atoms with van der Waals surface area (Å²) in [4.78, 5) is 21.5. The predicted octanol–water partition coefficient (Wildman–Crippen LogP) is 3.28. The van der Waals surface area contributed by atoms with Crippen LogP contribution in [-0.4, -0.2) is 21.8 Å².